The van der Waals surface area contributed by atoms with Gasteiger partial charge in [-0.05, 0) is 123 Å². The molecule has 12 unspecified atom stereocenters. The molecule has 6 nitrogen and oxygen atoms in total. The first-order chi connectivity index (χ1) is 29.6. The third-order valence-electron chi connectivity index (χ3n) is 18.0. The Labute approximate surface area is 479 Å². The molecule has 4 radical (unpaired) electrons. The molecule has 4 saturated carbocycles. The van der Waals surface area contributed by atoms with Gasteiger partial charge in [0, 0.05) is 145 Å². The van der Waals surface area contributed by atoms with Crippen LogP contribution in [0.5, 0.6) is 0 Å². The third-order valence-corrected chi connectivity index (χ3v) is 18.0. The van der Waals surface area contributed by atoms with Gasteiger partial charge in [-0.1, -0.05) is 61.8 Å². The third kappa shape index (κ3) is 5.70. The molecule has 5 aromatic carbocycles. The number of aryl methyl sites for hydroxylation is 2. The van der Waals surface area contributed by atoms with E-state index in [1.807, 2.05) is 13.8 Å². The van der Waals surface area contributed by atoms with E-state index in [9.17, 15) is 19.2 Å². The normalized spacial score (nSPS) is 29.6. The van der Waals surface area contributed by atoms with Crippen molar-refractivity contribution in [3.63, 3.8) is 0 Å². The van der Waals surface area contributed by atoms with Crippen molar-refractivity contribution < 1.29 is 131 Å². The van der Waals surface area contributed by atoms with E-state index in [0.29, 0.717) is 0 Å². The first-order valence-electron chi connectivity index (χ1n) is 22.6. The van der Waals surface area contributed by atoms with Crippen molar-refractivity contribution in [3.8, 4) is 11.1 Å². The van der Waals surface area contributed by atoms with Gasteiger partial charge in [0.2, 0.25) is 0 Å². The van der Waals surface area contributed by atoms with Crippen LogP contribution in [0.25, 0.3) is 32.7 Å². The van der Waals surface area contributed by atoms with Gasteiger partial charge in [0.1, 0.15) is 0 Å². The van der Waals surface area contributed by atoms with Crippen LogP contribution in [0.2, 0.25) is 0 Å². The fraction of sp³-hybridized carbons (Fsp3) is 0.382. The molecule has 0 spiro atoms. The molecule has 10 heteroatoms. The van der Waals surface area contributed by atoms with E-state index < -0.39 is 22.2 Å². The minimum absolute atomic E-state index is 0. The first kappa shape index (κ1) is 47.5. The number of benzene rings is 5. The van der Waals surface area contributed by atoms with Crippen LogP contribution in [-0.4, -0.2) is 9.13 Å². The average Bonchev–Trinajstić information content (AvgIpc) is 4.09. The minimum atomic E-state index is -0.451. The Morgan fingerprint density at radius 3 is 1.09 bits per heavy atom. The van der Waals surface area contributed by atoms with Crippen LogP contribution in [-0.2, 0) is 151 Å². The van der Waals surface area contributed by atoms with Gasteiger partial charge in [0.15, 0.2) is 0 Å². The molecule has 12 atom stereocenters. The van der Waals surface area contributed by atoms with Crippen LogP contribution in [0.15, 0.2) is 67.7 Å². The Bertz CT molecular complexity index is 3310. The van der Waals surface area contributed by atoms with Crippen molar-refractivity contribution in [1.29, 1.82) is 0 Å². The Kier molecular flexibility index (Phi) is 11.8. The Morgan fingerprint density at radius 2 is 0.754 bits per heavy atom. The van der Waals surface area contributed by atoms with Crippen LogP contribution >= 0.6 is 0 Å². The summed E-state index contributed by atoms with van der Waals surface area (Å²) in [5.41, 5.74) is 20.2. The maximum atomic E-state index is 11.8. The molecule has 65 heavy (non-hydrogen) atoms. The molecule has 314 valence electrons. The summed E-state index contributed by atoms with van der Waals surface area (Å²) in [5, 5.41) is 0.714. The fourth-order valence-corrected chi connectivity index (χ4v) is 15.7. The van der Waals surface area contributed by atoms with Crippen molar-refractivity contribution in [1.82, 2.24) is 9.13 Å². The Morgan fingerprint density at radius 1 is 0.446 bits per heavy atom. The van der Waals surface area contributed by atoms with Gasteiger partial charge in [0.25, 0.3) is 22.2 Å². The average molecular weight is 1150 g/mol. The molecule has 2 aromatic heterocycles. The number of rotatable bonds is 0. The van der Waals surface area contributed by atoms with Crippen LogP contribution in [0.3, 0.4) is 0 Å². The summed E-state index contributed by atoms with van der Waals surface area (Å²) in [4.78, 5) is 47.1. The fourth-order valence-electron chi connectivity index (χ4n) is 15.7. The first-order valence-corrected chi connectivity index (χ1v) is 22.6. The zero-order valence-corrected chi connectivity index (χ0v) is 48.9. The smallest absolute Gasteiger partial charge is 0.261 e. The van der Waals surface area contributed by atoms with Crippen LogP contribution < -0.4 is 22.2 Å². The van der Waals surface area contributed by atoms with Gasteiger partial charge in [0.05, 0.1) is 21.5 Å². The van der Waals surface area contributed by atoms with Crippen LogP contribution in [0.4, 0.5) is 0 Å². The Hall–Kier alpha value is -1.20. The second-order valence-corrected chi connectivity index (χ2v) is 19.8. The number of fused-ring (bicyclic) bond motifs is 33. The maximum absolute atomic E-state index is 11.8. The monoisotopic (exact) mass is 1150 g/mol. The zero-order chi connectivity index (χ0) is 41.4. The van der Waals surface area contributed by atoms with E-state index in [0.717, 1.165) is 86.6 Å². The van der Waals surface area contributed by atoms with E-state index in [2.05, 4.69) is 74.5 Å². The summed E-state index contributed by atoms with van der Waals surface area (Å²) in [6.07, 6.45) is 4.00. The topological polar surface area (TPSA) is 78.1 Å². The molecule has 0 aliphatic heterocycles. The largest absolute Gasteiger partial charge is 0.315 e. The van der Waals surface area contributed by atoms with Crippen LogP contribution in [0.1, 0.15) is 141 Å². The molecular weight excluding hydrogens is 1110 g/mol. The molecule has 16 rings (SSSR count). The van der Waals surface area contributed by atoms with Gasteiger partial charge < -0.3 is 24.3 Å². The molecule has 4 bridgehead atoms. The summed E-state index contributed by atoms with van der Waals surface area (Å²) < 4.78 is 1.94. The number of hydrogen-bond donors (Lipinski definition) is 0. The summed E-state index contributed by atoms with van der Waals surface area (Å²) in [6, 6.07) is 32.4. The Balaban J connectivity index is 0.000000178. The number of aromatic nitrogens is 2. The second-order valence-electron chi connectivity index (χ2n) is 19.8. The minimum Gasteiger partial charge on any atom is -0.315 e. The van der Waals surface area contributed by atoms with Gasteiger partial charge in [-0.2, -0.15) is 0 Å². The van der Waals surface area contributed by atoms with Crippen molar-refractivity contribution >= 4 is 21.5 Å². The van der Waals surface area contributed by atoms with Gasteiger partial charge in [-0.15, -0.1) is 13.8 Å². The van der Waals surface area contributed by atoms with Crippen molar-refractivity contribution in [3.05, 3.63) is 181 Å². The summed E-state index contributed by atoms with van der Waals surface area (Å²) in [6.45, 7) is 8.45. The molecule has 9 aliphatic rings. The van der Waals surface area contributed by atoms with E-state index in [4.69, 9.17) is 0 Å². The van der Waals surface area contributed by atoms with E-state index in [1.54, 1.807) is 44.5 Å². The van der Waals surface area contributed by atoms with E-state index >= 15 is 0 Å². The van der Waals surface area contributed by atoms with Crippen LogP contribution in [0, 0.1) is 61.8 Å². The molecular formula is C55H44N2O4Y4-4. The molecule has 0 N–H and O–H groups in total. The van der Waals surface area contributed by atoms with Crippen molar-refractivity contribution in [2.75, 3.05) is 0 Å². The predicted octanol–water partition coefficient (Wildman–Crippen LogP) is 8.50. The molecule has 7 aromatic rings. The maximum Gasteiger partial charge on any atom is 0.261 e. The van der Waals surface area contributed by atoms with Crippen molar-refractivity contribution in [2.24, 2.45) is 37.8 Å². The zero-order valence-electron chi connectivity index (χ0n) is 37.5. The van der Waals surface area contributed by atoms with Gasteiger partial charge in [-0.25, -0.2) is 0 Å². The van der Waals surface area contributed by atoms with Gasteiger partial charge in [-0.3, -0.25) is 73.8 Å². The van der Waals surface area contributed by atoms with Gasteiger partial charge >= 0.3 is 0 Å². The summed E-state index contributed by atoms with van der Waals surface area (Å²) >= 11 is 0. The summed E-state index contributed by atoms with van der Waals surface area (Å²) in [7, 11) is 2.73. The number of nitrogens with zero attached hydrogens (tertiary/aromatic N) is 2. The standard InChI is InChI=1S/C41H30.C12H8N2O4.C2H6.4Y/c1-16-7-24-25(8-17(16)2)37-33-15-32(36(24)37)39-27-11-19-9-18-10-26-28(12-22(18)23(19)13-29(27)41(33)39)40-31-14-30(38(26)40)34-20-5-3-4-6-21(20)35(31)34;1-13-9(15)5-3-7-8(4-6(5)10(13)16)12(18)14(2)11(7)17;1-2;;;;/h3-4,10-13,30-41H,9,14-15H2,1-2H3;3-4H,1-2H3;1-2H3;;;;/q-4;;;;;;. The SMILES string of the molecule is CC.Cc1[c-]c2c([c-]c1C)C1C3CC(C21)C1c2cc4c(cc2C31)-c1cc2c(cc1C4)C1C3CC(C4c5[c-]cc[c-]c5C34)C21.Cn1c(=O)c2cc3c(=O)n(C)c(=O)c3cc2c1=O.[Y].[Y].[Y].[Y]. The summed E-state index contributed by atoms with van der Waals surface area (Å²) in [5.74, 6) is 9.61. The number of hydrogen-bond acceptors (Lipinski definition) is 4. The van der Waals surface area contributed by atoms with Crippen molar-refractivity contribution in [2.45, 2.75) is 94.3 Å². The molecule has 0 saturated heterocycles. The molecule has 4 fully saturated rings. The molecule has 9 aliphatic carbocycles. The molecule has 2 heterocycles. The molecule has 0 amide bonds. The van der Waals surface area contributed by atoms with E-state index in [-0.39, 0.29) is 152 Å². The predicted molar refractivity (Wildman–Crippen MR) is 236 cm³/mol. The van der Waals surface area contributed by atoms with E-state index in [1.165, 1.54) is 72.5 Å². The quantitative estimate of drug-likeness (QED) is 0.113. The second kappa shape index (κ2) is 16.2.